The quantitative estimate of drug-likeness (QED) is 0.460. The molecular weight excluding hydrogens is 236 g/mol. The molecule has 0 aliphatic carbocycles. The molecule has 1 N–H and O–H groups in total. The van der Waals surface area contributed by atoms with Crippen LogP contribution in [0.5, 0.6) is 0 Å². The van der Waals surface area contributed by atoms with Gasteiger partial charge in [-0.3, -0.25) is 0 Å². The van der Waals surface area contributed by atoms with Crippen molar-refractivity contribution in [2.24, 2.45) is 0 Å². The lowest BCUT2D eigenvalue weighted by Crippen LogP contribution is -1.84. The molecule has 0 radical (unpaired) electrons. The predicted octanol–water partition coefficient (Wildman–Crippen LogP) is 5.33. The molecule has 0 heterocycles. The molecule has 0 atom stereocenters. The summed E-state index contributed by atoms with van der Waals surface area (Å²) in [6.45, 7) is 8.30. The minimum absolute atomic E-state index is 0.372. The van der Waals surface area contributed by atoms with Crippen molar-refractivity contribution in [1.82, 2.24) is 0 Å². The normalized spacial score (nSPS) is 10.1. The second-order valence-corrected chi connectivity index (χ2v) is 5.04. The van der Waals surface area contributed by atoms with Gasteiger partial charge in [0.1, 0.15) is 0 Å². The van der Waals surface area contributed by atoms with E-state index in [1.807, 2.05) is 13.8 Å². The van der Waals surface area contributed by atoms with Crippen LogP contribution in [0.3, 0.4) is 0 Å². The van der Waals surface area contributed by atoms with Crippen LogP contribution in [0.1, 0.15) is 91.4 Å². The Balaban J connectivity index is 0. The van der Waals surface area contributed by atoms with Crippen LogP contribution in [0.2, 0.25) is 0 Å². The molecule has 0 aliphatic heterocycles. The van der Waals surface area contributed by atoms with Gasteiger partial charge in [0.05, 0.1) is 0 Å². The Morgan fingerprint density at radius 1 is 0.579 bits per heavy atom. The number of unbranched alkanes of at least 4 members (excludes halogenated alkanes) is 10. The lowest BCUT2D eigenvalue weighted by Gasteiger charge is -2.01. The lowest BCUT2D eigenvalue weighted by molar-refractivity contribution is 0.162. The molecule has 2 heteroatoms. The van der Waals surface area contributed by atoms with Gasteiger partial charge in [0.15, 0.2) is 0 Å². The van der Waals surface area contributed by atoms with Crippen LogP contribution in [-0.2, 0) is 4.74 Å². The van der Waals surface area contributed by atoms with E-state index in [-0.39, 0.29) is 0 Å². The fourth-order valence-corrected chi connectivity index (χ4v) is 1.98. The summed E-state index contributed by atoms with van der Waals surface area (Å²) in [5.74, 6) is 0. The summed E-state index contributed by atoms with van der Waals surface area (Å²) >= 11 is 0. The second kappa shape index (κ2) is 23.0. The molecule has 0 aromatic rings. The number of aliphatic hydroxyl groups excluding tert-OH is 1. The molecule has 118 valence electrons. The van der Waals surface area contributed by atoms with Crippen LogP contribution in [0.4, 0.5) is 0 Å². The van der Waals surface area contributed by atoms with Gasteiger partial charge < -0.3 is 9.84 Å². The molecule has 0 aromatic carbocycles. The molecule has 0 amide bonds. The van der Waals surface area contributed by atoms with E-state index in [1.165, 1.54) is 64.2 Å². The molecule has 0 rings (SSSR count). The van der Waals surface area contributed by atoms with Gasteiger partial charge in [-0.05, 0) is 20.3 Å². The number of aliphatic hydroxyl groups is 1. The molecule has 0 bridgehead atoms. The van der Waals surface area contributed by atoms with Gasteiger partial charge in [-0.1, -0.05) is 71.1 Å². The van der Waals surface area contributed by atoms with Crippen molar-refractivity contribution in [3.63, 3.8) is 0 Å². The smallest absolute Gasteiger partial charge is 0.0437 e. The summed E-state index contributed by atoms with van der Waals surface area (Å²) in [5.41, 5.74) is 0. The summed E-state index contributed by atoms with van der Waals surface area (Å²) in [7, 11) is 0. The summed E-state index contributed by atoms with van der Waals surface area (Å²) in [6.07, 6.45) is 14.8. The van der Waals surface area contributed by atoms with Crippen LogP contribution >= 0.6 is 0 Å². The highest BCUT2D eigenvalue weighted by atomic mass is 16.5. The van der Waals surface area contributed by atoms with Crippen molar-refractivity contribution >= 4 is 0 Å². The Morgan fingerprint density at radius 2 is 0.947 bits per heavy atom. The van der Waals surface area contributed by atoms with Crippen LogP contribution in [-0.4, -0.2) is 24.9 Å². The highest BCUT2D eigenvalue weighted by Gasteiger charge is 1.91. The monoisotopic (exact) mass is 274 g/mol. The van der Waals surface area contributed by atoms with Crippen LogP contribution < -0.4 is 0 Å². The number of ether oxygens (including phenoxy) is 1. The van der Waals surface area contributed by atoms with Gasteiger partial charge in [-0.2, -0.15) is 0 Å². The van der Waals surface area contributed by atoms with Gasteiger partial charge >= 0.3 is 0 Å². The molecule has 0 spiro atoms. The Labute approximate surface area is 121 Å². The van der Waals surface area contributed by atoms with Crippen molar-refractivity contribution in [2.45, 2.75) is 91.4 Å². The Kier molecular flexibility index (Phi) is 25.7. The third-order valence-corrected chi connectivity index (χ3v) is 3.17. The van der Waals surface area contributed by atoms with Gasteiger partial charge in [0.2, 0.25) is 0 Å². The molecule has 0 unspecified atom stereocenters. The number of rotatable bonds is 13. The van der Waals surface area contributed by atoms with Crippen molar-refractivity contribution in [3.05, 3.63) is 0 Å². The maximum absolute atomic E-state index is 8.59. The van der Waals surface area contributed by atoms with Crippen LogP contribution in [0.15, 0.2) is 0 Å². The van der Waals surface area contributed by atoms with E-state index in [1.54, 1.807) is 0 Å². The maximum Gasteiger partial charge on any atom is 0.0437 e. The van der Waals surface area contributed by atoms with Gasteiger partial charge in [0.25, 0.3) is 0 Å². The topological polar surface area (TPSA) is 29.5 Å². The summed E-state index contributed by atoms with van der Waals surface area (Å²) in [5, 5.41) is 8.59. The molecule has 19 heavy (non-hydrogen) atoms. The first-order chi connectivity index (χ1) is 9.33. The SMILES string of the molecule is CCCCCCCCCCCCCO.CCOCC. The first kappa shape index (κ1) is 21.2. The molecule has 2 nitrogen and oxygen atoms in total. The molecule has 0 fully saturated rings. The van der Waals surface area contributed by atoms with E-state index in [4.69, 9.17) is 9.84 Å². The van der Waals surface area contributed by atoms with Crippen LogP contribution in [0, 0.1) is 0 Å². The van der Waals surface area contributed by atoms with Gasteiger partial charge in [-0.25, -0.2) is 0 Å². The van der Waals surface area contributed by atoms with Crippen molar-refractivity contribution in [2.75, 3.05) is 19.8 Å². The van der Waals surface area contributed by atoms with E-state index in [2.05, 4.69) is 6.92 Å². The van der Waals surface area contributed by atoms with Crippen molar-refractivity contribution in [1.29, 1.82) is 0 Å². The second-order valence-electron chi connectivity index (χ2n) is 5.04. The van der Waals surface area contributed by atoms with Gasteiger partial charge in [0, 0.05) is 19.8 Å². The molecule has 0 aliphatic rings. The summed E-state index contributed by atoms with van der Waals surface area (Å²) in [6, 6.07) is 0. The predicted molar refractivity (Wildman–Crippen MR) is 85.7 cm³/mol. The standard InChI is InChI=1S/C13H28O.C4H10O/c1-2-3-4-5-6-7-8-9-10-11-12-13-14;1-3-5-4-2/h14H,2-13H2,1H3;3-4H2,1-2H3. The van der Waals surface area contributed by atoms with Crippen LogP contribution in [0.25, 0.3) is 0 Å². The molecule has 0 aromatic heterocycles. The van der Waals surface area contributed by atoms with E-state index in [0.717, 1.165) is 19.6 Å². The zero-order valence-corrected chi connectivity index (χ0v) is 13.8. The third-order valence-electron chi connectivity index (χ3n) is 3.17. The summed E-state index contributed by atoms with van der Waals surface area (Å²) in [4.78, 5) is 0. The maximum atomic E-state index is 8.59. The Morgan fingerprint density at radius 3 is 1.21 bits per heavy atom. The highest BCUT2D eigenvalue weighted by Crippen LogP contribution is 2.10. The zero-order valence-electron chi connectivity index (χ0n) is 13.8. The van der Waals surface area contributed by atoms with Crippen molar-refractivity contribution < 1.29 is 9.84 Å². The highest BCUT2D eigenvalue weighted by molar-refractivity contribution is 4.47. The van der Waals surface area contributed by atoms with E-state index < -0.39 is 0 Å². The van der Waals surface area contributed by atoms with E-state index in [0.29, 0.717) is 6.61 Å². The number of hydrogen-bond acceptors (Lipinski definition) is 2. The Bertz CT molecular complexity index is 112. The van der Waals surface area contributed by atoms with Crippen molar-refractivity contribution in [3.8, 4) is 0 Å². The first-order valence-electron chi connectivity index (χ1n) is 8.51. The molecule has 0 saturated carbocycles. The zero-order chi connectivity index (χ0) is 14.6. The van der Waals surface area contributed by atoms with E-state index in [9.17, 15) is 0 Å². The third kappa shape index (κ3) is 27.2. The fraction of sp³-hybridized carbons (Fsp3) is 1.00. The number of hydrogen-bond donors (Lipinski definition) is 1. The minimum atomic E-state index is 0.372. The molecular formula is C17H38O2. The minimum Gasteiger partial charge on any atom is -0.396 e. The lowest BCUT2D eigenvalue weighted by atomic mass is 10.1. The Hall–Kier alpha value is -0.0800. The fourth-order valence-electron chi connectivity index (χ4n) is 1.98. The largest absolute Gasteiger partial charge is 0.396 e. The molecule has 0 saturated heterocycles. The van der Waals surface area contributed by atoms with Gasteiger partial charge in [-0.15, -0.1) is 0 Å². The average molecular weight is 274 g/mol. The van der Waals surface area contributed by atoms with E-state index >= 15 is 0 Å². The average Bonchev–Trinajstić information content (AvgIpc) is 2.43. The first-order valence-corrected chi connectivity index (χ1v) is 8.51. The summed E-state index contributed by atoms with van der Waals surface area (Å²) < 4.78 is 4.83.